The number of hydrogen-bond acceptors (Lipinski definition) is 4. The van der Waals surface area contributed by atoms with Gasteiger partial charge in [-0.3, -0.25) is 9.59 Å². The van der Waals surface area contributed by atoms with E-state index in [1.54, 1.807) is 0 Å². The first kappa shape index (κ1) is 20.6. The molecule has 0 spiro atoms. The summed E-state index contributed by atoms with van der Waals surface area (Å²) in [6.45, 7) is 9.75. The van der Waals surface area contributed by atoms with Crippen LogP contribution in [0.4, 0.5) is 11.4 Å². The number of carbonyl (C=O) groups is 2. The van der Waals surface area contributed by atoms with E-state index < -0.39 is 5.41 Å². The Morgan fingerprint density at radius 1 is 1.00 bits per heavy atom. The highest BCUT2D eigenvalue weighted by molar-refractivity contribution is 6.13. The van der Waals surface area contributed by atoms with Gasteiger partial charge in [-0.15, -0.1) is 0 Å². The van der Waals surface area contributed by atoms with Crippen LogP contribution in [0.2, 0.25) is 0 Å². The number of anilines is 2. The van der Waals surface area contributed by atoms with Crippen LogP contribution < -0.4 is 10.2 Å². The van der Waals surface area contributed by atoms with E-state index in [4.69, 9.17) is 0 Å². The maximum absolute atomic E-state index is 13.0. The molecule has 1 saturated carbocycles. The molecule has 1 aromatic rings. The fourth-order valence-electron chi connectivity index (χ4n) is 3.89. The monoisotopic (exact) mass is 386 g/mol. The molecule has 0 atom stereocenters. The van der Waals surface area contributed by atoms with Crippen molar-refractivity contribution < 1.29 is 9.59 Å². The molecular formula is C22H34N4O2. The van der Waals surface area contributed by atoms with Crippen LogP contribution in [0.3, 0.4) is 0 Å². The summed E-state index contributed by atoms with van der Waals surface area (Å²) in [5.74, 6) is -0.148. The predicted molar refractivity (Wildman–Crippen MR) is 114 cm³/mol. The lowest BCUT2D eigenvalue weighted by molar-refractivity contribution is -0.142. The van der Waals surface area contributed by atoms with Crippen LogP contribution in [-0.4, -0.2) is 67.9 Å². The van der Waals surface area contributed by atoms with E-state index in [1.807, 2.05) is 17.0 Å². The maximum atomic E-state index is 13.0. The molecule has 1 aromatic carbocycles. The molecule has 2 fully saturated rings. The molecule has 2 aliphatic rings. The molecule has 1 aliphatic carbocycles. The number of amides is 2. The second-order valence-electron chi connectivity index (χ2n) is 8.17. The highest BCUT2D eigenvalue weighted by Crippen LogP contribution is 2.48. The van der Waals surface area contributed by atoms with Crippen LogP contribution in [0.15, 0.2) is 24.3 Å². The third-order valence-corrected chi connectivity index (χ3v) is 5.86. The van der Waals surface area contributed by atoms with Crippen LogP contribution in [0, 0.1) is 5.41 Å². The Kier molecular flexibility index (Phi) is 6.60. The predicted octanol–water partition coefficient (Wildman–Crippen LogP) is 2.81. The summed E-state index contributed by atoms with van der Waals surface area (Å²) in [6, 6.07) is 8.01. The lowest BCUT2D eigenvalue weighted by atomic mass is 10.0. The molecule has 6 heteroatoms. The van der Waals surface area contributed by atoms with Gasteiger partial charge in [0.05, 0.1) is 0 Å². The van der Waals surface area contributed by atoms with Gasteiger partial charge in [-0.05, 0) is 57.0 Å². The van der Waals surface area contributed by atoms with Gasteiger partial charge in [0, 0.05) is 50.6 Å². The first-order valence-corrected chi connectivity index (χ1v) is 10.6. The van der Waals surface area contributed by atoms with E-state index in [1.165, 1.54) is 5.69 Å². The molecule has 3 rings (SSSR count). The van der Waals surface area contributed by atoms with Crippen molar-refractivity contribution in [2.24, 2.45) is 5.41 Å². The zero-order valence-electron chi connectivity index (χ0n) is 17.5. The molecule has 0 radical (unpaired) electrons. The van der Waals surface area contributed by atoms with E-state index in [0.717, 1.165) is 57.8 Å². The third kappa shape index (κ3) is 4.49. The Morgan fingerprint density at radius 2 is 1.57 bits per heavy atom. The Labute approximate surface area is 168 Å². The second kappa shape index (κ2) is 8.95. The molecule has 1 heterocycles. The number of nitrogens with one attached hydrogen (secondary N) is 1. The zero-order valence-corrected chi connectivity index (χ0v) is 17.5. The van der Waals surface area contributed by atoms with Crippen molar-refractivity contribution in [2.45, 2.75) is 39.5 Å². The van der Waals surface area contributed by atoms with Gasteiger partial charge in [0.2, 0.25) is 11.8 Å². The van der Waals surface area contributed by atoms with Crippen LogP contribution in [0.25, 0.3) is 0 Å². The Morgan fingerprint density at radius 3 is 2.07 bits per heavy atom. The number of piperazine rings is 1. The van der Waals surface area contributed by atoms with Crippen LogP contribution in [0.5, 0.6) is 0 Å². The Balaban J connectivity index is 1.61. The number of carbonyl (C=O) groups excluding carboxylic acids is 2. The van der Waals surface area contributed by atoms with Gasteiger partial charge in [0.15, 0.2) is 0 Å². The Bertz CT molecular complexity index is 670. The van der Waals surface area contributed by atoms with E-state index in [2.05, 4.69) is 48.1 Å². The average molecular weight is 387 g/mol. The molecule has 6 nitrogen and oxygen atoms in total. The maximum Gasteiger partial charge on any atom is 0.240 e. The van der Waals surface area contributed by atoms with Gasteiger partial charge in [0.1, 0.15) is 5.41 Å². The summed E-state index contributed by atoms with van der Waals surface area (Å²) in [7, 11) is 2.15. The van der Waals surface area contributed by atoms with Crippen molar-refractivity contribution in [1.29, 1.82) is 0 Å². The lowest BCUT2D eigenvalue weighted by Gasteiger charge is -2.34. The molecule has 2 amide bonds. The molecule has 1 aliphatic heterocycles. The van der Waals surface area contributed by atoms with Crippen LogP contribution in [-0.2, 0) is 9.59 Å². The summed E-state index contributed by atoms with van der Waals surface area (Å²) in [4.78, 5) is 32.4. The molecule has 1 N–H and O–H groups in total. The van der Waals surface area contributed by atoms with Gasteiger partial charge < -0.3 is 20.0 Å². The summed E-state index contributed by atoms with van der Waals surface area (Å²) in [5, 5.41) is 2.99. The molecular weight excluding hydrogens is 352 g/mol. The molecule has 154 valence electrons. The average Bonchev–Trinajstić information content (AvgIpc) is 3.51. The summed E-state index contributed by atoms with van der Waals surface area (Å²) in [5.41, 5.74) is 1.10. The van der Waals surface area contributed by atoms with Crippen molar-refractivity contribution >= 4 is 23.2 Å². The number of nitrogens with zero attached hydrogens (tertiary/aromatic N) is 3. The highest BCUT2D eigenvalue weighted by atomic mass is 16.2. The van der Waals surface area contributed by atoms with Gasteiger partial charge in [0.25, 0.3) is 0 Å². The summed E-state index contributed by atoms with van der Waals surface area (Å²) < 4.78 is 0. The van der Waals surface area contributed by atoms with Gasteiger partial charge in [-0.2, -0.15) is 0 Å². The first-order valence-electron chi connectivity index (χ1n) is 10.6. The smallest absolute Gasteiger partial charge is 0.240 e. The second-order valence-corrected chi connectivity index (χ2v) is 8.17. The third-order valence-electron chi connectivity index (χ3n) is 5.86. The number of hydrogen-bond donors (Lipinski definition) is 1. The van der Waals surface area contributed by atoms with Gasteiger partial charge in [-0.1, -0.05) is 13.8 Å². The molecule has 0 unspecified atom stereocenters. The van der Waals surface area contributed by atoms with Crippen molar-refractivity contribution in [2.75, 3.05) is 56.5 Å². The Hall–Kier alpha value is -2.08. The minimum absolute atomic E-state index is 0.00255. The SMILES string of the molecule is CCCN(CCC)C(=O)C1(C(=O)Nc2ccc(N3CCN(C)CC3)cc2)CC1. The van der Waals surface area contributed by atoms with E-state index >= 15 is 0 Å². The zero-order chi connectivity index (χ0) is 20.1. The molecule has 0 aromatic heterocycles. The van der Waals surface area contributed by atoms with Crippen molar-refractivity contribution in [3.8, 4) is 0 Å². The number of likely N-dealkylation sites (N-methyl/N-ethyl adjacent to an activating group) is 1. The summed E-state index contributed by atoms with van der Waals surface area (Å²) in [6.07, 6.45) is 3.14. The molecule has 28 heavy (non-hydrogen) atoms. The van der Waals surface area contributed by atoms with Crippen LogP contribution in [0.1, 0.15) is 39.5 Å². The summed E-state index contributed by atoms with van der Waals surface area (Å²) >= 11 is 0. The van der Waals surface area contributed by atoms with Crippen molar-refractivity contribution in [3.63, 3.8) is 0 Å². The number of rotatable bonds is 8. The minimum atomic E-state index is -0.847. The highest BCUT2D eigenvalue weighted by Gasteiger charge is 2.57. The normalized spacial score (nSPS) is 18.6. The molecule has 0 bridgehead atoms. The number of benzene rings is 1. The van der Waals surface area contributed by atoms with Crippen molar-refractivity contribution in [1.82, 2.24) is 9.80 Å². The van der Waals surface area contributed by atoms with Gasteiger partial charge >= 0.3 is 0 Å². The fourth-order valence-corrected chi connectivity index (χ4v) is 3.89. The minimum Gasteiger partial charge on any atom is -0.369 e. The van der Waals surface area contributed by atoms with E-state index in [0.29, 0.717) is 12.8 Å². The van der Waals surface area contributed by atoms with Gasteiger partial charge in [-0.25, -0.2) is 0 Å². The first-order chi connectivity index (χ1) is 13.5. The topological polar surface area (TPSA) is 55.9 Å². The van der Waals surface area contributed by atoms with E-state index in [-0.39, 0.29) is 11.8 Å². The fraction of sp³-hybridized carbons (Fsp3) is 0.636. The molecule has 1 saturated heterocycles. The van der Waals surface area contributed by atoms with Crippen LogP contribution >= 0.6 is 0 Å². The lowest BCUT2D eigenvalue weighted by Crippen LogP contribution is -2.44. The van der Waals surface area contributed by atoms with E-state index in [9.17, 15) is 9.59 Å². The standard InChI is InChI=1S/C22H34N4O2/c1-4-12-26(13-5-2)21(28)22(10-11-22)20(27)23-18-6-8-19(9-7-18)25-16-14-24(3)15-17-25/h6-9H,4-5,10-17H2,1-3H3,(H,23,27). The van der Waals surface area contributed by atoms with Crippen molar-refractivity contribution in [3.05, 3.63) is 24.3 Å². The quantitative estimate of drug-likeness (QED) is 0.698. The largest absolute Gasteiger partial charge is 0.369 e.